The molecule has 2 saturated heterocycles. The van der Waals surface area contributed by atoms with Crippen molar-refractivity contribution in [1.82, 2.24) is 15.5 Å². The second kappa shape index (κ2) is 7.67. The zero-order valence-corrected chi connectivity index (χ0v) is 14.9. The van der Waals surface area contributed by atoms with Crippen LogP contribution in [0.5, 0.6) is 0 Å². The highest BCUT2D eigenvalue weighted by Crippen LogP contribution is 2.28. The third-order valence-corrected chi connectivity index (χ3v) is 5.16. The van der Waals surface area contributed by atoms with Crippen LogP contribution in [0.2, 0.25) is 0 Å². The van der Waals surface area contributed by atoms with Crippen LogP contribution in [0.1, 0.15) is 26.7 Å². The lowest BCUT2D eigenvalue weighted by Crippen LogP contribution is -2.68. The Morgan fingerprint density at radius 3 is 2.56 bits per heavy atom. The topological polar surface area (TPSA) is 101 Å². The van der Waals surface area contributed by atoms with E-state index in [9.17, 15) is 10.1 Å². The first-order chi connectivity index (χ1) is 12.0. The molecule has 0 aromatic carbocycles. The van der Waals surface area contributed by atoms with Gasteiger partial charge >= 0.3 is 5.70 Å². The maximum Gasteiger partial charge on any atom is 0.304 e. The van der Waals surface area contributed by atoms with Gasteiger partial charge in [-0.1, -0.05) is 0 Å². The van der Waals surface area contributed by atoms with Gasteiger partial charge in [-0.3, -0.25) is 20.0 Å². The van der Waals surface area contributed by atoms with Gasteiger partial charge in [0.2, 0.25) is 0 Å². The van der Waals surface area contributed by atoms with Crippen LogP contribution in [-0.4, -0.2) is 67.5 Å². The van der Waals surface area contributed by atoms with Crippen LogP contribution in [0.3, 0.4) is 0 Å². The number of guanidine groups is 1. The maximum absolute atomic E-state index is 11.7. The van der Waals surface area contributed by atoms with Crippen LogP contribution in [-0.2, 0) is 9.47 Å². The van der Waals surface area contributed by atoms with E-state index in [1.54, 1.807) is 6.92 Å². The summed E-state index contributed by atoms with van der Waals surface area (Å²) in [7, 11) is 0. The number of hydrogen-bond donors (Lipinski definition) is 2. The molecule has 0 aromatic heterocycles. The van der Waals surface area contributed by atoms with Crippen LogP contribution in [0.15, 0.2) is 16.4 Å². The molecule has 9 heteroatoms. The van der Waals surface area contributed by atoms with Gasteiger partial charge in [0.05, 0.1) is 23.8 Å². The molecule has 140 valence electrons. The number of nitrogens with zero attached hydrogens (tertiary/aromatic N) is 3. The lowest BCUT2D eigenvalue weighted by atomic mass is 10.0. The van der Waals surface area contributed by atoms with Gasteiger partial charge < -0.3 is 20.1 Å². The molecule has 3 rings (SSSR count). The van der Waals surface area contributed by atoms with Crippen molar-refractivity contribution in [1.29, 1.82) is 0 Å². The van der Waals surface area contributed by atoms with Gasteiger partial charge in [-0.2, -0.15) is 0 Å². The first-order valence-corrected chi connectivity index (χ1v) is 8.86. The molecule has 3 aliphatic rings. The summed E-state index contributed by atoms with van der Waals surface area (Å²) in [5.41, 5.74) is -0.236. The van der Waals surface area contributed by atoms with Crippen molar-refractivity contribution >= 4 is 5.96 Å². The second-order valence-corrected chi connectivity index (χ2v) is 6.90. The van der Waals surface area contributed by atoms with Crippen molar-refractivity contribution in [3.63, 3.8) is 0 Å². The minimum atomic E-state index is -0.906. The first kappa shape index (κ1) is 18.1. The lowest BCUT2D eigenvalue weighted by Gasteiger charge is -2.44. The molecule has 0 bridgehead atoms. The van der Waals surface area contributed by atoms with Gasteiger partial charge in [0.15, 0.2) is 11.6 Å². The highest BCUT2D eigenvalue weighted by molar-refractivity contribution is 5.84. The number of ether oxygens (including phenoxy) is 2. The Kier molecular flexibility index (Phi) is 5.55. The Hall–Kier alpha value is -1.71. The van der Waals surface area contributed by atoms with E-state index in [-0.39, 0.29) is 10.6 Å². The Bertz CT molecular complexity index is 567. The van der Waals surface area contributed by atoms with E-state index in [4.69, 9.17) is 9.47 Å². The minimum absolute atomic E-state index is 0.138. The average Bonchev–Trinajstić information content (AvgIpc) is 2.61. The molecular formula is C16H27N5O4. The molecule has 0 aliphatic carbocycles. The second-order valence-electron chi connectivity index (χ2n) is 6.90. The SMILES string of the molecule is CC1=C([N+](=O)[O-])C(C)(N2CCOCC2)NC(=NCC2CCOCC2)N1. The van der Waals surface area contributed by atoms with Crippen LogP contribution < -0.4 is 10.6 Å². The van der Waals surface area contributed by atoms with Gasteiger partial charge in [0.1, 0.15) is 0 Å². The third kappa shape index (κ3) is 3.94. The summed E-state index contributed by atoms with van der Waals surface area (Å²) in [6, 6.07) is 0. The third-order valence-electron chi connectivity index (χ3n) is 5.16. The van der Waals surface area contributed by atoms with Crippen molar-refractivity contribution in [3.8, 4) is 0 Å². The van der Waals surface area contributed by atoms with Crippen LogP contribution in [0.25, 0.3) is 0 Å². The highest BCUT2D eigenvalue weighted by Gasteiger charge is 2.49. The van der Waals surface area contributed by atoms with Crippen molar-refractivity contribution < 1.29 is 14.4 Å². The Balaban J connectivity index is 1.81. The fourth-order valence-electron chi connectivity index (χ4n) is 3.71. The van der Waals surface area contributed by atoms with Crippen molar-refractivity contribution in [2.45, 2.75) is 32.4 Å². The molecule has 1 unspecified atom stereocenters. The molecule has 0 radical (unpaired) electrons. The first-order valence-electron chi connectivity index (χ1n) is 8.86. The fourth-order valence-corrected chi connectivity index (χ4v) is 3.71. The molecule has 0 amide bonds. The van der Waals surface area contributed by atoms with Gasteiger partial charge in [-0.05, 0) is 32.6 Å². The van der Waals surface area contributed by atoms with Gasteiger partial charge in [-0.15, -0.1) is 0 Å². The van der Waals surface area contributed by atoms with E-state index in [1.807, 2.05) is 6.92 Å². The van der Waals surface area contributed by atoms with Crippen molar-refractivity contribution in [2.24, 2.45) is 10.9 Å². The summed E-state index contributed by atoms with van der Waals surface area (Å²) in [6.07, 6.45) is 2.01. The molecule has 2 fully saturated rings. The van der Waals surface area contributed by atoms with Gasteiger partial charge in [-0.25, -0.2) is 0 Å². The summed E-state index contributed by atoms with van der Waals surface area (Å²) in [5.74, 6) is 1.10. The maximum atomic E-state index is 11.7. The lowest BCUT2D eigenvalue weighted by molar-refractivity contribution is -0.443. The highest BCUT2D eigenvalue weighted by atomic mass is 16.6. The van der Waals surface area contributed by atoms with E-state index >= 15 is 0 Å². The van der Waals surface area contributed by atoms with Crippen molar-refractivity contribution in [3.05, 3.63) is 21.5 Å². The number of hydrogen-bond acceptors (Lipinski definition) is 6. The largest absolute Gasteiger partial charge is 0.381 e. The molecule has 0 spiro atoms. The van der Waals surface area contributed by atoms with E-state index in [1.165, 1.54) is 0 Å². The summed E-state index contributed by atoms with van der Waals surface area (Å²) < 4.78 is 10.8. The Morgan fingerprint density at radius 2 is 1.92 bits per heavy atom. The van der Waals surface area contributed by atoms with Crippen LogP contribution in [0.4, 0.5) is 0 Å². The summed E-state index contributed by atoms with van der Waals surface area (Å²) in [4.78, 5) is 18.1. The quantitative estimate of drug-likeness (QED) is 0.561. The molecule has 2 N–H and O–H groups in total. The summed E-state index contributed by atoms with van der Waals surface area (Å²) in [5, 5.41) is 18.0. The normalized spacial score (nSPS) is 30.9. The van der Waals surface area contributed by atoms with Crippen LogP contribution >= 0.6 is 0 Å². The Labute approximate surface area is 147 Å². The van der Waals surface area contributed by atoms with E-state index < -0.39 is 5.66 Å². The predicted octanol–water partition coefficient (Wildman–Crippen LogP) is 0.518. The molecule has 3 aliphatic heterocycles. The number of morpholine rings is 1. The molecule has 3 heterocycles. The zero-order valence-electron chi connectivity index (χ0n) is 14.9. The molecule has 25 heavy (non-hydrogen) atoms. The standard InChI is InChI=1S/C16H27N5O4/c1-12-14(21(22)23)16(2,20-5-9-25-10-6-20)19-15(18-12)17-11-13-3-7-24-8-4-13/h13H,3-11H2,1-2H3,(H2,17,18,19). The van der Waals surface area contributed by atoms with E-state index in [2.05, 4.69) is 20.5 Å². The minimum Gasteiger partial charge on any atom is -0.381 e. The molecule has 9 nitrogen and oxygen atoms in total. The smallest absolute Gasteiger partial charge is 0.304 e. The number of nitrogens with one attached hydrogen (secondary N) is 2. The monoisotopic (exact) mass is 353 g/mol. The summed E-state index contributed by atoms with van der Waals surface area (Å²) in [6.45, 7) is 8.28. The fraction of sp³-hybridized carbons (Fsp3) is 0.812. The number of rotatable bonds is 4. The molecule has 0 aromatic rings. The number of allylic oxidation sites excluding steroid dienone is 1. The number of aliphatic imine (C=N–C) groups is 1. The van der Waals surface area contributed by atoms with Gasteiger partial charge in [0.25, 0.3) is 0 Å². The number of nitro groups is 1. The molecule has 0 saturated carbocycles. The van der Waals surface area contributed by atoms with Gasteiger partial charge in [0, 0.05) is 32.8 Å². The predicted molar refractivity (Wildman–Crippen MR) is 92.6 cm³/mol. The Morgan fingerprint density at radius 1 is 1.28 bits per heavy atom. The van der Waals surface area contributed by atoms with Crippen molar-refractivity contribution in [2.75, 3.05) is 46.1 Å². The van der Waals surface area contributed by atoms with Crippen LogP contribution in [0, 0.1) is 16.0 Å². The van der Waals surface area contributed by atoms with E-state index in [0.717, 1.165) is 26.1 Å². The molecule has 1 atom stereocenters. The zero-order chi connectivity index (χ0) is 17.9. The molecular weight excluding hydrogens is 326 g/mol. The average molecular weight is 353 g/mol. The summed E-state index contributed by atoms with van der Waals surface area (Å²) >= 11 is 0. The van der Waals surface area contributed by atoms with E-state index in [0.29, 0.717) is 50.4 Å².